The first-order valence-corrected chi connectivity index (χ1v) is 7.73. The van der Waals surface area contributed by atoms with Gasteiger partial charge in [0.15, 0.2) is 0 Å². The molecule has 0 saturated heterocycles. The number of rotatable bonds is 4. The topological polar surface area (TPSA) is 15.3 Å². The van der Waals surface area contributed by atoms with Gasteiger partial charge in [-0.1, -0.05) is 30.3 Å². The average Bonchev–Trinajstić information content (AvgIpc) is 2.44. The van der Waals surface area contributed by atoms with Crippen molar-refractivity contribution in [2.75, 3.05) is 24.3 Å². The van der Waals surface area contributed by atoms with Crippen molar-refractivity contribution in [1.82, 2.24) is 0 Å². The highest BCUT2D eigenvalue weighted by Gasteiger charge is 2.30. The van der Waals surface area contributed by atoms with Crippen molar-refractivity contribution in [2.45, 2.75) is 31.7 Å². The van der Waals surface area contributed by atoms with Gasteiger partial charge in [-0.25, -0.2) is 0 Å². The number of benzene rings is 2. The Bertz CT molecular complexity index is 612. The minimum absolute atomic E-state index is 0.604. The summed E-state index contributed by atoms with van der Waals surface area (Å²) in [7, 11) is 4.16. The highest BCUT2D eigenvalue weighted by Crippen LogP contribution is 2.39. The number of hydrogen-bond donors (Lipinski definition) is 1. The number of nitrogens with one attached hydrogen (secondary N) is 1. The largest absolute Gasteiger partial charge is 0.382 e. The lowest BCUT2D eigenvalue weighted by Gasteiger charge is -2.37. The van der Waals surface area contributed by atoms with Crippen LogP contribution in [0.3, 0.4) is 0 Å². The summed E-state index contributed by atoms with van der Waals surface area (Å²) in [6.07, 6.45) is 2.47. The Morgan fingerprint density at radius 3 is 2.48 bits per heavy atom. The molecule has 0 aliphatic heterocycles. The second kappa shape index (κ2) is 5.80. The fourth-order valence-corrected chi connectivity index (χ4v) is 3.14. The molecule has 0 amide bonds. The summed E-state index contributed by atoms with van der Waals surface area (Å²) in [5, 5.41) is 3.67. The molecule has 1 N–H and O–H groups in total. The van der Waals surface area contributed by atoms with E-state index < -0.39 is 0 Å². The first kappa shape index (κ1) is 14.0. The van der Waals surface area contributed by atoms with Gasteiger partial charge in [-0.05, 0) is 55.0 Å². The lowest BCUT2D eigenvalue weighted by molar-refractivity contribution is 0.373. The monoisotopic (exact) mass is 280 g/mol. The maximum Gasteiger partial charge on any atom is 0.0381 e. The van der Waals surface area contributed by atoms with Gasteiger partial charge in [0, 0.05) is 31.5 Å². The second-order valence-electron chi connectivity index (χ2n) is 6.31. The normalized spacial score (nSPS) is 20.7. The first-order chi connectivity index (χ1) is 10.1. The molecular formula is C19H24N2. The van der Waals surface area contributed by atoms with Crippen molar-refractivity contribution in [2.24, 2.45) is 0 Å². The van der Waals surface area contributed by atoms with Crippen LogP contribution in [0, 0.1) is 6.92 Å². The van der Waals surface area contributed by atoms with Crippen molar-refractivity contribution in [3.05, 3.63) is 59.7 Å². The Hall–Kier alpha value is -1.96. The van der Waals surface area contributed by atoms with Crippen LogP contribution in [-0.2, 0) is 0 Å². The third-order valence-electron chi connectivity index (χ3n) is 4.50. The highest BCUT2D eigenvalue weighted by atomic mass is 15.1. The zero-order chi connectivity index (χ0) is 14.8. The van der Waals surface area contributed by atoms with Crippen LogP contribution in [0.15, 0.2) is 48.5 Å². The van der Waals surface area contributed by atoms with Gasteiger partial charge in [0.2, 0.25) is 0 Å². The molecule has 1 aliphatic carbocycles. The Morgan fingerprint density at radius 1 is 1.00 bits per heavy atom. The SMILES string of the molecule is Cc1ccccc1C1CC(Nc2cccc(N(C)C)c2)C1. The molecule has 0 unspecified atom stereocenters. The molecule has 2 aromatic rings. The third-order valence-corrected chi connectivity index (χ3v) is 4.50. The number of anilines is 2. The maximum absolute atomic E-state index is 3.67. The molecule has 1 fully saturated rings. The quantitative estimate of drug-likeness (QED) is 0.892. The molecule has 0 aromatic heterocycles. The zero-order valence-corrected chi connectivity index (χ0v) is 13.1. The number of nitrogens with zero attached hydrogens (tertiary/aromatic N) is 1. The van der Waals surface area contributed by atoms with E-state index in [2.05, 4.69) is 79.8 Å². The van der Waals surface area contributed by atoms with Gasteiger partial charge in [-0.3, -0.25) is 0 Å². The summed E-state index contributed by atoms with van der Waals surface area (Å²) in [6.45, 7) is 2.22. The molecule has 3 rings (SSSR count). The molecule has 21 heavy (non-hydrogen) atoms. The summed E-state index contributed by atoms with van der Waals surface area (Å²) >= 11 is 0. The molecule has 2 heteroatoms. The van der Waals surface area contributed by atoms with Gasteiger partial charge < -0.3 is 10.2 Å². The Morgan fingerprint density at radius 2 is 1.76 bits per heavy atom. The van der Waals surface area contributed by atoms with E-state index in [1.165, 1.54) is 35.3 Å². The second-order valence-corrected chi connectivity index (χ2v) is 6.31. The molecule has 0 bridgehead atoms. The molecular weight excluding hydrogens is 256 g/mol. The summed E-state index contributed by atoms with van der Waals surface area (Å²) in [6, 6.07) is 18.0. The van der Waals surface area contributed by atoms with Crippen LogP contribution < -0.4 is 10.2 Å². The molecule has 0 radical (unpaired) electrons. The van der Waals surface area contributed by atoms with E-state index in [4.69, 9.17) is 0 Å². The Kier molecular flexibility index (Phi) is 3.87. The van der Waals surface area contributed by atoms with Gasteiger partial charge in [0.05, 0.1) is 0 Å². The number of aryl methyl sites for hydroxylation is 1. The third kappa shape index (κ3) is 3.05. The van der Waals surface area contributed by atoms with Crippen molar-refractivity contribution >= 4 is 11.4 Å². The molecule has 2 aromatic carbocycles. The van der Waals surface area contributed by atoms with Crippen LogP contribution in [0.1, 0.15) is 29.9 Å². The van der Waals surface area contributed by atoms with Gasteiger partial charge >= 0.3 is 0 Å². The predicted octanol–water partition coefficient (Wildman–Crippen LogP) is 4.42. The van der Waals surface area contributed by atoms with Crippen LogP contribution in [0.2, 0.25) is 0 Å². The van der Waals surface area contributed by atoms with E-state index in [9.17, 15) is 0 Å². The van der Waals surface area contributed by atoms with E-state index in [1.54, 1.807) is 0 Å². The molecule has 0 heterocycles. The van der Waals surface area contributed by atoms with Crippen LogP contribution in [0.4, 0.5) is 11.4 Å². The molecule has 1 aliphatic rings. The van der Waals surface area contributed by atoms with E-state index in [1.807, 2.05) is 0 Å². The van der Waals surface area contributed by atoms with Crippen molar-refractivity contribution in [3.8, 4) is 0 Å². The van der Waals surface area contributed by atoms with Gasteiger partial charge in [-0.2, -0.15) is 0 Å². The highest BCUT2D eigenvalue weighted by molar-refractivity contribution is 5.58. The Labute approximate surface area is 127 Å². The predicted molar refractivity (Wildman–Crippen MR) is 91.3 cm³/mol. The van der Waals surface area contributed by atoms with Crippen molar-refractivity contribution in [1.29, 1.82) is 0 Å². The lowest BCUT2D eigenvalue weighted by Crippen LogP contribution is -2.34. The van der Waals surface area contributed by atoms with Crippen LogP contribution >= 0.6 is 0 Å². The fourth-order valence-electron chi connectivity index (χ4n) is 3.14. The van der Waals surface area contributed by atoms with Gasteiger partial charge in [-0.15, -0.1) is 0 Å². The molecule has 110 valence electrons. The van der Waals surface area contributed by atoms with Gasteiger partial charge in [0.1, 0.15) is 0 Å². The van der Waals surface area contributed by atoms with Crippen LogP contribution in [0.25, 0.3) is 0 Å². The fraction of sp³-hybridized carbons (Fsp3) is 0.368. The zero-order valence-electron chi connectivity index (χ0n) is 13.1. The van der Waals surface area contributed by atoms with Crippen LogP contribution in [-0.4, -0.2) is 20.1 Å². The van der Waals surface area contributed by atoms with Gasteiger partial charge in [0.25, 0.3) is 0 Å². The molecule has 1 saturated carbocycles. The maximum atomic E-state index is 3.67. The first-order valence-electron chi connectivity index (χ1n) is 7.73. The lowest BCUT2D eigenvalue weighted by atomic mass is 9.74. The Balaban J connectivity index is 1.60. The van der Waals surface area contributed by atoms with E-state index in [-0.39, 0.29) is 0 Å². The van der Waals surface area contributed by atoms with Crippen molar-refractivity contribution in [3.63, 3.8) is 0 Å². The molecule has 0 atom stereocenters. The summed E-state index contributed by atoms with van der Waals surface area (Å²) < 4.78 is 0. The molecule has 2 nitrogen and oxygen atoms in total. The standard InChI is InChI=1S/C19H24N2/c1-14-7-4-5-10-19(14)15-11-17(12-15)20-16-8-6-9-18(13-16)21(2)3/h4-10,13,15,17,20H,11-12H2,1-3H3. The average molecular weight is 280 g/mol. The number of hydrogen-bond acceptors (Lipinski definition) is 2. The smallest absolute Gasteiger partial charge is 0.0381 e. The summed E-state index contributed by atoms with van der Waals surface area (Å²) in [5.41, 5.74) is 5.43. The minimum atomic E-state index is 0.604. The summed E-state index contributed by atoms with van der Waals surface area (Å²) in [5.74, 6) is 0.723. The van der Waals surface area contributed by atoms with Crippen molar-refractivity contribution < 1.29 is 0 Å². The minimum Gasteiger partial charge on any atom is -0.382 e. The van der Waals surface area contributed by atoms with E-state index in [0.717, 1.165) is 5.92 Å². The van der Waals surface area contributed by atoms with Crippen LogP contribution in [0.5, 0.6) is 0 Å². The van der Waals surface area contributed by atoms with E-state index in [0.29, 0.717) is 6.04 Å². The van der Waals surface area contributed by atoms with E-state index >= 15 is 0 Å². The molecule has 0 spiro atoms. The summed E-state index contributed by atoms with van der Waals surface area (Å²) in [4.78, 5) is 2.14.